The second-order valence-electron chi connectivity index (χ2n) is 6.71. The van der Waals surface area contributed by atoms with Crippen molar-refractivity contribution in [1.29, 1.82) is 0 Å². The number of hydrogen-bond donors (Lipinski definition) is 2. The molecule has 1 aliphatic rings. The second-order valence-corrected chi connectivity index (χ2v) is 7.70. The van der Waals surface area contributed by atoms with Crippen LogP contribution in [0.5, 0.6) is 0 Å². The van der Waals surface area contributed by atoms with Gasteiger partial charge in [-0.25, -0.2) is 8.78 Å². The zero-order valence-electron chi connectivity index (χ0n) is 15.2. The van der Waals surface area contributed by atoms with Gasteiger partial charge in [-0.05, 0) is 49.1 Å². The van der Waals surface area contributed by atoms with Gasteiger partial charge < -0.3 is 10.4 Å². The number of aromatic nitrogens is 1. The summed E-state index contributed by atoms with van der Waals surface area (Å²) < 4.78 is 26.9. The highest BCUT2D eigenvalue weighted by molar-refractivity contribution is 8.00. The van der Waals surface area contributed by atoms with E-state index in [0.29, 0.717) is 11.6 Å². The van der Waals surface area contributed by atoms with Crippen molar-refractivity contribution in [3.8, 4) is 0 Å². The van der Waals surface area contributed by atoms with E-state index < -0.39 is 23.5 Å². The monoisotopic (exact) mass is 414 g/mol. The number of aryl methyl sites for hydroxylation is 1. The first-order valence-electron chi connectivity index (χ1n) is 8.99. The molecule has 0 atom stereocenters. The molecule has 0 unspecified atom stereocenters. The van der Waals surface area contributed by atoms with Gasteiger partial charge in [0.25, 0.3) is 5.91 Å². The highest BCUT2D eigenvalue weighted by Crippen LogP contribution is 2.37. The normalized spacial score (nSPS) is 12.8. The third-order valence-corrected chi connectivity index (χ3v) is 5.89. The van der Waals surface area contributed by atoms with E-state index >= 15 is 0 Å². The number of carbonyl (C=O) groups excluding carboxylic acids is 1. The minimum atomic E-state index is -0.899. The Hall–Kier alpha value is -3.00. The molecule has 29 heavy (non-hydrogen) atoms. The van der Waals surface area contributed by atoms with E-state index in [2.05, 4.69) is 10.3 Å². The van der Waals surface area contributed by atoms with Gasteiger partial charge in [0.15, 0.2) is 0 Å². The summed E-state index contributed by atoms with van der Waals surface area (Å²) in [6.45, 7) is 0. The number of thioether (sulfide) groups is 1. The van der Waals surface area contributed by atoms with Gasteiger partial charge >= 0.3 is 5.97 Å². The van der Waals surface area contributed by atoms with E-state index in [4.69, 9.17) is 5.11 Å². The summed E-state index contributed by atoms with van der Waals surface area (Å²) in [7, 11) is 0. The summed E-state index contributed by atoms with van der Waals surface area (Å²) in [4.78, 5) is 29.1. The summed E-state index contributed by atoms with van der Waals surface area (Å²) >= 11 is 1.26. The Morgan fingerprint density at radius 3 is 2.72 bits per heavy atom. The minimum absolute atomic E-state index is 0.0579. The number of anilines is 1. The van der Waals surface area contributed by atoms with E-state index in [1.807, 2.05) is 0 Å². The number of pyridine rings is 1. The Bertz CT molecular complexity index is 1150. The van der Waals surface area contributed by atoms with Crippen molar-refractivity contribution in [2.75, 3.05) is 11.1 Å². The predicted octanol–water partition coefficient (Wildman–Crippen LogP) is 4.43. The number of benzene rings is 2. The molecule has 148 valence electrons. The molecule has 1 aliphatic carbocycles. The first-order chi connectivity index (χ1) is 13.9. The molecule has 3 aromatic rings. The first kappa shape index (κ1) is 19.3. The molecule has 1 amide bonds. The quantitative estimate of drug-likeness (QED) is 0.604. The lowest BCUT2D eigenvalue weighted by atomic mass is 10.1. The molecule has 8 heteroatoms. The largest absolute Gasteiger partial charge is 0.481 e. The average molecular weight is 414 g/mol. The Morgan fingerprint density at radius 2 is 1.97 bits per heavy atom. The third-order valence-electron chi connectivity index (χ3n) is 4.74. The molecule has 2 aromatic carbocycles. The number of carbonyl (C=O) groups is 2. The number of nitrogens with zero attached hydrogens (tertiary/aromatic N) is 1. The molecule has 0 fully saturated rings. The SMILES string of the molecule is O=C(O)CSc1c2c(nc3cc(C(=O)Nc4ccc(F)cc4F)ccc13)CCC2. The number of fused-ring (bicyclic) bond motifs is 2. The van der Waals surface area contributed by atoms with Gasteiger partial charge in [0, 0.05) is 27.6 Å². The van der Waals surface area contributed by atoms with Crippen molar-refractivity contribution in [2.45, 2.75) is 24.2 Å². The average Bonchev–Trinajstić information content (AvgIpc) is 3.14. The fourth-order valence-corrected chi connectivity index (χ4v) is 4.44. The van der Waals surface area contributed by atoms with Crippen molar-refractivity contribution in [3.05, 3.63) is 64.9 Å². The number of rotatable bonds is 5. The Morgan fingerprint density at radius 1 is 1.14 bits per heavy atom. The number of carboxylic acid groups (broad SMARTS) is 1. The number of hydrogen-bond acceptors (Lipinski definition) is 4. The fraction of sp³-hybridized carbons (Fsp3) is 0.190. The topological polar surface area (TPSA) is 79.3 Å². The summed E-state index contributed by atoms with van der Waals surface area (Å²) in [5.41, 5.74) is 2.75. The maximum absolute atomic E-state index is 13.8. The molecule has 0 spiro atoms. The molecule has 0 saturated heterocycles. The van der Waals surface area contributed by atoms with Gasteiger partial charge in [-0.15, -0.1) is 11.8 Å². The van der Waals surface area contributed by atoms with Crippen LogP contribution in [-0.2, 0) is 17.6 Å². The minimum Gasteiger partial charge on any atom is -0.481 e. The fourth-order valence-electron chi connectivity index (χ4n) is 3.45. The van der Waals surface area contributed by atoms with E-state index in [-0.39, 0.29) is 17.0 Å². The van der Waals surface area contributed by atoms with E-state index in [1.165, 1.54) is 11.8 Å². The lowest BCUT2D eigenvalue weighted by molar-refractivity contribution is -0.133. The van der Waals surface area contributed by atoms with Crippen LogP contribution < -0.4 is 5.32 Å². The van der Waals surface area contributed by atoms with Crippen LogP contribution in [0.25, 0.3) is 10.9 Å². The Labute approximate surface area is 169 Å². The maximum Gasteiger partial charge on any atom is 0.313 e. The van der Waals surface area contributed by atoms with Crippen LogP contribution in [-0.4, -0.2) is 27.7 Å². The lowest BCUT2D eigenvalue weighted by Crippen LogP contribution is -2.13. The van der Waals surface area contributed by atoms with Crippen molar-refractivity contribution in [2.24, 2.45) is 0 Å². The molecular formula is C21H16F2N2O3S. The Kier molecular flexibility index (Phi) is 5.19. The second kappa shape index (κ2) is 7.79. The van der Waals surface area contributed by atoms with Gasteiger partial charge in [-0.2, -0.15) is 0 Å². The molecule has 1 heterocycles. The van der Waals surface area contributed by atoms with Crippen LogP contribution in [0.1, 0.15) is 28.0 Å². The number of amides is 1. The zero-order valence-corrected chi connectivity index (χ0v) is 16.0. The van der Waals surface area contributed by atoms with E-state index in [0.717, 1.165) is 52.9 Å². The summed E-state index contributed by atoms with van der Waals surface area (Å²) in [5.74, 6) is -3.08. The number of carboxylic acids is 1. The number of halogens is 2. The van der Waals surface area contributed by atoms with Crippen LogP contribution in [0.4, 0.5) is 14.5 Å². The first-order valence-corrected chi connectivity index (χ1v) is 9.97. The van der Waals surface area contributed by atoms with E-state index in [1.54, 1.807) is 18.2 Å². The predicted molar refractivity (Wildman–Crippen MR) is 106 cm³/mol. The van der Waals surface area contributed by atoms with Crippen molar-refractivity contribution >= 4 is 40.2 Å². The van der Waals surface area contributed by atoms with Gasteiger partial charge in [-0.1, -0.05) is 6.07 Å². The van der Waals surface area contributed by atoms with Crippen LogP contribution in [0.15, 0.2) is 41.3 Å². The molecule has 4 rings (SSSR count). The van der Waals surface area contributed by atoms with Crippen LogP contribution in [0.2, 0.25) is 0 Å². The van der Waals surface area contributed by atoms with Crippen LogP contribution >= 0.6 is 11.8 Å². The van der Waals surface area contributed by atoms with Crippen LogP contribution in [0, 0.1) is 11.6 Å². The van der Waals surface area contributed by atoms with Gasteiger partial charge in [0.05, 0.1) is 17.0 Å². The molecule has 5 nitrogen and oxygen atoms in total. The standard InChI is InChI=1S/C21H16F2N2O3S/c22-12-5-7-17(15(23)9-12)25-21(28)11-4-6-14-18(8-11)24-16-3-1-2-13(16)20(14)29-10-19(26)27/h4-9H,1-3,10H2,(H,25,28)(H,26,27). The molecule has 1 aromatic heterocycles. The van der Waals surface area contributed by atoms with E-state index in [9.17, 15) is 18.4 Å². The molecule has 0 aliphatic heterocycles. The maximum atomic E-state index is 13.8. The summed E-state index contributed by atoms with van der Waals surface area (Å²) in [6.07, 6.45) is 2.62. The number of aliphatic carboxylic acids is 1. The molecule has 0 bridgehead atoms. The number of nitrogens with one attached hydrogen (secondary N) is 1. The molecular weight excluding hydrogens is 398 g/mol. The van der Waals surface area contributed by atoms with Gasteiger partial charge in [0.2, 0.25) is 0 Å². The van der Waals surface area contributed by atoms with Crippen LogP contribution in [0.3, 0.4) is 0 Å². The van der Waals surface area contributed by atoms with Crippen molar-refractivity contribution in [1.82, 2.24) is 4.98 Å². The molecule has 0 saturated carbocycles. The summed E-state index contributed by atoms with van der Waals surface area (Å²) in [6, 6.07) is 7.86. The zero-order chi connectivity index (χ0) is 20.5. The third kappa shape index (κ3) is 3.93. The van der Waals surface area contributed by atoms with Crippen molar-refractivity contribution < 1.29 is 23.5 Å². The van der Waals surface area contributed by atoms with Crippen molar-refractivity contribution in [3.63, 3.8) is 0 Å². The molecule has 2 N–H and O–H groups in total. The lowest BCUT2D eigenvalue weighted by Gasteiger charge is -2.12. The highest BCUT2D eigenvalue weighted by atomic mass is 32.2. The van der Waals surface area contributed by atoms with Gasteiger partial charge in [-0.3, -0.25) is 14.6 Å². The van der Waals surface area contributed by atoms with Gasteiger partial charge in [0.1, 0.15) is 11.6 Å². The molecule has 0 radical (unpaired) electrons. The smallest absolute Gasteiger partial charge is 0.313 e. The highest BCUT2D eigenvalue weighted by Gasteiger charge is 2.21. The Balaban J connectivity index is 1.69. The summed E-state index contributed by atoms with van der Waals surface area (Å²) in [5, 5.41) is 12.3.